The molecule has 2 N–H and O–H groups in total. The number of carbonyl (C=O) groups is 3. The zero-order valence-electron chi connectivity index (χ0n) is 30.0. The first kappa shape index (κ1) is 43.4. The lowest BCUT2D eigenvalue weighted by Gasteiger charge is -2.18. The number of hydrogen-bond donors (Lipinski definition) is 2. The normalized spacial score (nSPS) is 11.9. The van der Waals surface area contributed by atoms with Crippen LogP contribution in [0.2, 0.25) is 0 Å². The zero-order valence-corrected chi connectivity index (χ0v) is 30.0. The van der Waals surface area contributed by atoms with Crippen molar-refractivity contribution in [2.24, 2.45) is 0 Å². The molecule has 0 fully saturated rings. The maximum Gasteiger partial charge on any atom is 0.322 e. The zero-order chi connectivity index (χ0) is 33.1. The Bertz CT molecular complexity index is 668. The van der Waals surface area contributed by atoms with Crippen molar-refractivity contribution in [1.29, 1.82) is 0 Å². The van der Waals surface area contributed by atoms with Gasteiger partial charge in [0.1, 0.15) is 12.6 Å². The Balaban J connectivity index is 3.53. The van der Waals surface area contributed by atoms with E-state index < -0.39 is 5.97 Å². The minimum Gasteiger partial charge on any atom is -0.480 e. The van der Waals surface area contributed by atoms with E-state index in [1.807, 2.05) is 0 Å². The minimum atomic E-state index is -1.03. The number of esters is 1. The molecule has 266 valence electrons. The summed E-state index contributed by atoms with van der Waals surface area (Å²) in [6.45, 7) is 4.11. The highest BCUT2D eigenvalue weighted by atomic mass is 16.5. The fraction of sp³-hybridized carbons (Fsp3) is 0.923. The van der Waals surface area contributed by atoms with Crippen LogP contribution in [0, 0.1) is 0 Å². The Kier molecular flexibility index (Phi) is 34.0. The van der Waals surface area contributed by atoms with Crippen LogP contribution in [0.1, 0.15) is 219 Å². The fourth-order valence-corrected chi connectivity index (χ4v) is 6.09. The van der Waals surface area contributed by atoms with E-state index in [1.54, 1.807) is 0 Å². The predicted molar refractivity (Wildman–Crippen MR) is 190 cm³/mol. The molecule has 0 bridgehead atoms. The van der Waals surface area contributed by atoms with Crippen LogP contribution in [0.25, 0.3) is 0 Å². The van der Waals surface area contributed by atoms with Crippen molar-refractivity contribution in [2.45, 2.75) is 225 Å². The van der Waals surface area contributed by atoms with Crippen molar-refractivity contribution in [3.05, 3.63) is 0 Å². The topological polar surface area (TPSA) is 92.7 Å². The third-order valence-corrected chi connectivity index (χ3v) is 9.03. The van der Waals surface area contributed by atoms with Gasteiger partial charge in [0.15, 0.2) is 0 Å². The van der Waals surface area contributed by atoms with E-state index >= 15 is 0 Å². The second-order valence-electron chi connectivity index (χ2n) is 13.6. The molecule has 0 aliphatic carbocycles. The summed E-state index contributed by atoms with van der Waals surface area (Å²) in [5.74, 6) is -1.31. The predicted octanol–water partition coefficient (Wildman–Crippen LogP) is 11.6. The molecule has 1 amide bonds. The van der Waals surface area contributed by atoms with Crippen molar-refractivity contribution in [2.75, 3.05) is 6.54 Å². The number of ether oxygens (including phenoxy) is 1. The van der Waals surface area contributed by atoms with Crippen molar-refractivity contribution >= 4 is 17.8 Å². The maximum absolute atomic E-state index is 12.4. The molecule has 0 heterocycles. The van der Waals surface area contributed by atoms with Crippen molar-refractivity contribution in [3.8, 4) is 0 Å². The molecule has 0 aromatic heterocycles. The average molecular weight is 638 g/mol. The van der Waals surface area contributed by atoms with Gasteiger partial charge < -0.3 is 15.2 Å². The molecule has 0 saturated heterocycles. The van der Waals surface area contributed by atoms with Gasteiger partial charge >= 0.3 is 11.9 Å². The fourth-order valence-electron chi connectivity index (χ4n) is 6.09. The molecule has 6 nitrogen and oxygen atoms in total. The van der Waals surface area contributed by atoms with Crippen LogP contribution in [0.5, 0.6) is 0 Å². The van der Waals surface area contributed by atoms with E-state index in [0.29, 0.717) is 12.8 Å². The van der Waals surface area contributed by atoms with Gasteiger partial charge in [-0.3, -0.25) is 14.4 Å². The molecule has 0 aliphatic heterocycles. The minimum absolute atomic E-state index is 0.0252. The van der Waals surface area contributed by atoms with Gasteiger partial charge in [0.2, 0.25) is 5.91 Å². The van der Waals surface area contributed by atoms with Crippen LogP contribution in [-0.4, -0.2) is 35.6 Å². The molecule has 0 radical (unpaired) electrons. The van der Waals surface area contributed by atoms with E-state index in [0.717, 1.165) is 57.8 Å². The van der Waals surface area contributed by atoms with Crippen LogP contribution in [-0.2, 0) is 19.1 Å². The van der Waals surface area contributed by atoms with E-state index in [4.69, 9.17) is 9.84 Å². The summed E-state index contributed by atoms with van der Waals surface area (Å²) in [4.78, 5) is 34.5. The standard InChI is InChI=1S/C39H75NO5/c1-3-5-7-8-9-10-11-12-13-14-15-16-17-18-19-20-21-22-23-24-25-26-30-34-39(44)45-36(31-6-4-2)32-28-27-29-33-37(41)40-35-38(42)43/h36H,3-35H2,1-2H3,(H,40,41)(H,42,43). The van der Waals surface area contributed by atoms with Gasteiger partial charge in [-0.05, 0) is 32.1 Å². The van der Waals surface area contributed by atoms with Crippen LogP contribution in [0.4, 0.5) is 0 Å². The molecule has 1 unspecified atom stereocenters. The Morgan fingerprint density at radius 2 is 0.844 bits per heavy atom. The Hall–Kier alpha value is -1.59. The molecule has 6 heteroatoms. The van der Waals surface area contributed by atoms with Crippen LogP contribution >= 0.6 is 0 Å². The summed E-state index contributed by atoms with van der Waals surface area (Å²) in [6, 6.07) is 0. The average Bonchev–Trinajstić information content (AvgIpc) is 3.02. The molecule has 0 spiro atoms. The van der Waals surface area contributed by atoms with Gasteiger partial charge in [0.05, 0.1) is 0 Å². The lowest BCUT2D eigenvalue weighted by atomic mass is 10.0. The van der Waals surface area contributed by atoms with E-state index in [1.165, 1.54) is 135 Å². The summed E-state index contributed by atoms with van der Waals surface area (Å²) in [6.07, 6.45) is 38.7. The van der Waals surface area contributed by atoms with E-state index in [-0.39, 0.29) is 24.5 Å². The number of carbonyl (C=O) groups excluding carboxylic acids is 2. The summed E-state index contributed by atoms with van der Waals surface area (Å²) >= 11 is 0. The lowest BCUT2D eigenvalue weighted by Crippen LogP contribution is -2.28. The first-order valence-electron chi connectivity index (χ1n) is 19.7. The van der Waals surface area contributed by atoms with E-state index in [2.05, 4.69) is 19.2 Å². The Morgan fingerprint density at radius 3 is 1.27 bits per heavy atom. The smallest absolute Gasteiger partial charge is 0.322 e. The molecule has 0 aromatic rings. The third-order valence-electron chi connectivity index (χ3n) is 9.03. The highest BCUT2D eigenvalue weighted by molar-refractivity contribution is 5.80. The monoisotopic (exact) mass is 638 g/mol. The lowest BCUT2D eigenvalue weighted by molar-refractivity contribution is -0.150. The number of aliphatic carboxylic acids is 1. The Morgan fingerprint density at radius 1 is 0.489 bits per heavy atom. The summed E-state index contributed by atoms with van der Waals surface area (Å²) in [5.41, 5.74) is 0. The maximum atomic E-state index is 12.4. The number of hydrogen-bond acceptors (Lipinski definition) is 4. The van der Waals surface area contributed by atoms with Gasteiger partial charge in [0.25, 0.3) is 0 Å². The summed E-state index contributed by atoms with van der Waals surface area (Å²) in [7, 11) is 0. The van der Waals surface area contributed by atoms with Gasteiger partial charge in [-0.2, -0.15) is 0 Å². The number of carboxylic acids is 1. The molecule has 0 aromatic carbocycles. The van der Waals surface area contributed by atoms with E-state index in [9.17, 15) is 14.4 Å². The van der Waals surface area contributed by atoms with Crippen LogP contribution < -0.4 is 5.32 Å². The molecule has 1 atom stereocenters. The first-order chi connectivity index (χ1) is 22.0. The molecular weight excluding hydrogens is 562 g/mol. The van der Waals surface area contributed by atoms with Gasteiger partial charge in [0, 0.05) is 12.8 Å². The Labute approximate surface area is 279 Å². The highest BCUT2D eigenvalue weighted by Gasteiger charge is 2.14. The molecular formula is C39H75NO5. The second-order valence-corrected chi connectivity index (χ2v) is 13.6. The number of carboxylic acid groups (broad SMARTS) is 1. The largest absolute Gasteiger partial charge is 0.480 e. The SMILES string of the molecule is CCCCCCCCCCCCCCCCCCCCCCCCCC(=O)OC(CCCC)CCCCCC(=O)NCC(=O)O. The number of rotatable bonds is 36. The number of amides is 1. The quantitative estimate of drug-likeness (QED) is 0.0526. The second kappa shape index (κ2) is 35.3. The first-order valence-corrected chi connectivity index (χ1v) is 19.7. The summed E-state index contributed by atoms with van der Waals surface area (Å²) in [5, 5.41) is 11.0. The number of nitrogens with one attached hydrogen (secondary N) is 1. The van der Waals surface area contributed by atoms with Crippen LogP contribution in [0.3, 0.4) is 0 Å². The molecule has 45 heavy (non-hydrogen) atoms. The molecule has 0 saturated carbocycles. The number of unbranched alkanes of at least 4 members (excludes halogenated alkanes) is 25. The molecule has 0 rings (SSSR count). The van der Waals surface area contributed by atoms with Crippen molar-refractivity contribution in [1.82, 2.24) is 5.32 Å². The van der Waals surface area contributed by atoms with Crippen LogP contribution in [0.15, 0.2) is 0 Å². The van der Waals surface area contributed by atoms with Gasteiger partial charge in [-0.1, -0.05) is 174 Å². The highest BCUT2D eigenvalue weighted by Crippen LogP contribution is 2.18. The van der Waals surface area contributed by atoms with Gasteiger partial charge in [-0.15, -0.1) is 0 Å². The molecule has 0 aliphatic rings. The van der Waals surface area contributed by atoms with Crippen molar-refractivity contribution in [3.63, 3.8) is 0 Å². The van der Waals surface area contributed by atoms with Gasteiger partial charge in [-0.25, -0.2) is 0 Å². The third kappa shape index (κ3) is 35.1. The van der Waals surface area contributed by atoms with Crippen molar-refractivity contribution < 1.29 is 24.2 Å². The summed E-state index contributed by atoms with van der Waals surface area (Å²) < 4.78 is 5.81.